The summed E-state index contributed by atoms with van der Waals surface area (Å²) >= 11 is 0. The molecule has 0 N–H and O–H groups in total. The van der Waals surface area contributed by atoms with Gasteiger partial charge in [-0.1, -0.05) is 67.8 Å². The van der Waals surface area contributed by atoms with Gasteiger partial charge in [0.05, 0.1) is 5.52 Å². The van der Waals surface area contributed by atoms with Crippen LogP contribution in [0, 0.1) is 20.8 Å². The lowest BCUT2D eigenvalue weighted by atomic mass is 9.85. The summed E-state index contributed by atoms with van der Waals surface area (Å²) in [5, 5.41) is 1.22. The zero-order valence-electron chi connectivity index (χ0n) is 15.1. The van der Waals surface area contributed by atoms with Crippen molar-refractivity contribution in [2.75, 3.05) is 0 Å². The lowest BCUT2D eigenvalue weighted by molar-refractivity contribution is 0.589. The highest BCUT2D eigenvalue weighted by Crippen LogP contribution is 2.23. The van der Waals surface area contributed by atoms with Crippen LogP contribution in [0.2, 0.25) is 0 Å². The van der Waals surface area contributed by atoms with Gasteiger partial charge in [-0.3, -0.25) is 4.98 Å². The van der Waals surface area contributed by atoms with E-state index in [-0.39, 0.29) is 5.41 Å². The number of aryl methyl sites for hydroxylation is 3. The summed E-state index contributed by atoms with van der Waals surface area (Å²) in [4.78, 5) is 4.22. The summed E-state index contributed by atoms with van der Waals surface area (Å²) in [6.45, 7) is 13.2. The molecule has 0 unspecified atom stereocenters. The third-order valence-electron chi connectivity index (χ3n) is 3.85. The molecule has 0 amide bonds. The van der Waals surface area contributed by atoms with Gasteiger partial charge in [-0.2, -0.15) is 0 Å². The summed E-state index contributed by atoms with van der Waals surface area (Å²) in [6, 6.07) is 17.1. The number of benzene rings is 2. The van der Waals surface area contributed by atoms with E-state index in [2.05, 4.69) is 82.9 Å². The summed E-state index contributed by atoms with van der Waals surface area (Å²) in [7, 11) is 0. The molecule has 0 aliphatic heterocycles. The van der Waals surface area contributed by atoms with Gasteiger partial charge >= 0.3 is 0 Å². The predicted molar refractivity (Wildman–Crippen MR) is 101 cm³/mol. The summed E-state index contributed by atoms with van der Waals surface area (Å²) < 4.78 is 0. The van der Waals surface area contributed by atoms with Crippen LogP contribution < -0.4 is 0 Å². The average Bonchev–Trinajstić information content (AvgIpc) is 2.46. The number of rotatable bonds is 0. The van der Waals surface area contributed by atoms with Gasteiger partial charge in [0, 0.05) is 11.6 Å². The zero-order chi connectivity index (χ0) is 17.0. The van der Waals surface area contributed by atoms with E-state index in [1.807, 2.05) is 18.3 Å². The minimum atomic E-state index is 0.275. The molecule has 0 fully saturated rings. The van der Waals surface area contributed by atoms with Crippen molar-refractivity contribution in [3.05, 3.63) is 77.0 Å². The van der Waals surface area contributed by atoms with Crippen molar-refractivity contribution >= 4 is 10.9 Å². The first-order chi connectivity index (χ1) is 10.8. The summed E-state index contributed by atoms with van der Waals surface area (Å²) in [5.74, 6) is 0. The molecule has 2 aromatic carbocycles. The van der Waals surface area contributed by atoms with Gasteiger partial charge in [-0.25, -0.2) is 0 Å². The lowest BCUT2D eigenvalue weighted by Gasteiger charge is -2.20. The topological polar surface area (TPSA) is 12.9 Å². The molecule has 1 aromatic heterocycles. The first-order valence-corrected chi connectivity index (χ1v) is 8.16. The van der Waals surface area contributed by atoms with Gasteiger partial charge in [0.2, 0.25) is 0 Å². The van der Waals surface area contributed by atoms with E-state index >= 15 is 0 Å². The average molecular weight is 305 g/mol. The third-order valence-corrected chi connectivity index (χ3v) is 3.85. The van der Waals surface area contributed by atoms with E-state index in [9.17, 15) is 0 Å². The van der Waals surface area contributed by atoms with Gasteiger partial charge < -0.3 is 0 Å². The van der Waals surface area contributed by atoms with Crippen molar-refractivity contribution in [1.29, 1.82) is 0 Å². The third kappa shape index (κ3) is 4.92. The van der Waals surface area contributed by atoms with E-state index in [1.54, 1.807) is 0 Å². The summed E-state index contributed by atoms with van der Waals surface area (Å²) in [5.41, 5.74) is 6.78. The number of hydrogen-bond donors (Lipinski definition) is 0. The van der Waals surface area contributed by atoms with Gasteiger partial charge in [0.15, 0.2) is 0 Å². The van der Waals surface area contributed by atoms with Crippen LogP contribution in [-0.2, 0) is 5.41 Å². The van der Waals surface area contributed by atoms with Crippen LogP contribution in [-0.4, -0.2) is 4.98 Å². The lowest BCUT2D eigenvalue weighted by Crippen LogP contribution is -2.11. The Labute approximate surface area is 140 Å². The molecule has 0 aliphatic carbocycles. The normalized spacial score (nSPS) is 11.0. The minimum Gasteiger partial charge on any atom is -0.256 e. The molecule has 0 atom stereocenters. The number of fused-ring (bicyclic) bond motifs is 1. The Morgan fingerprint density at radius 1 is 0.739 bits per heavy atom. The minimum absolute atomic E-state index is 0.275. The Morgan fingerprint density at radius 2 is 1.39 bits per heavy atom. The molecule has 1 heterocycles. The molecule has 0 spiro atoms. The van der Waals surface area contributed by atoms with E-state index < -0.39 is 0 Å². The fraction of sp³-hybridized carbons (Fsp3) is 0.318. The second-order valence-electron chi connectivity index (χ2n) is 7.33. The van der Waals surface area contributed by atoms with Gasteiger partial charge in [0.25, 0.3) is 0 Å². The highest BCUT2D eigenvalue weighted by Gasteiger charge is 2.13. The van der Waals surface area contributed by atoms with Crippen LogP contribution >= 0.6 is 0 Å². The largest absolute Gasteiger partial charge is 0.256 e. The molecule has 1 heteroatoms. The maximum absolute atomic E-state index is 4.22. The van der Waals surface area contributed by atoms with E-state index in [0.717, 1.165) is 5.52 Å². The van der Waals surface area contributed by atoms with Crippen molar-refractivity contribution in [2.45, 2.75) is 47.0 Å². The van der Waals surface area contributed by atoms with Crippen molar-refractivity contribution < 1.29 is 0 Å². The van der Waals surface area contributed by atoms with Crippen molar-refractivity contribution in [2.24, 2.45) is 0 Å². The standard InChI is InChI=1S/C12H18.C10H9N/c1-9-6-10(2)8-11(7-9)12(3,4)5;1-8-4-5-10-9(7-8)3-2-6-11-10/h6-8H,1-5H3;2-7H,1H3. The monoisotopic (exact) mass is 305 g/mol. The number of nitrogens with zero attached hydrogens (tertiary/aromatic N) is 1. The highest BCUT2D eigenvalue weighted by atomic mass is 14.6. The first-order valence-electron chi connectivity index (χ1n) is 8.16. The van der Waals surface area contributed by atoms with E-state index in [0.29, 0.717) is 0 Å². The van der Waals surface area contributed by atoms with Crippen molar-refractivity contribution in [1.82, 2.24) is 4.98 Å². The SMILES string of the molecule is Cc1cc(C)cc(C(C)(C)C)c1.Cc1ccc2ncccc2c1. The van der Waals surface area contributed by atoms with E-state index in [4.69, 9.17) is 0 Å². The molecule has 0 saturated heterocycles. The second kappa shape index (κ2) is 6.95. The molecular formula is C22H27N. The fourth-order valence-corrected chi connectivity index (χ4v) is 2.60. The van der Waals surface area contributed by atoms with Crippen molar-refractivity contribution in [3.63, 3.8) is 0 Å². The molecule has 1 nitrogen and oxygen atoms in total. The van der Waals surface area contributed by atoms with Gasteiger partial charge in [0.1, 0.15) is 0 Å². The Morgan fingerprint density at radius 3 is 2.00 bits per heavy atom. The van der Waals surface area contributed by atoms with Crippen molar-refractivity contribution in [3.8, 4) is 0 Å². The highest BCUT2D eigenvalue weighted by molar-refractivity contribution is 5.78. The number of hydrogen-bond acceptors (Lipinski definition) is 1. The maximum atomic E-state index is 4.22. The number of aromatic nitrogens is 1. The van der Waals surface area contributed by atoms with Crippen LogP contribution in [0.4, 0.5) is 0 Å². The molecule has 23 heavy (non-hydrogen) atoms. The fourth-order valence-electron chi connectivity index (χ4n) is 2.60. The first kappa shape index (κ1) is 17.2. The molecule has 0 radical (unpaired) electrons. The number of pyridine rings is 1. The van der Waals surface area contributed by atoms with Crippen LogP contribution in [0.5, 0.6) is 0 Å². The molecule has 0 bridgehead atoms. The second-order valence-corrected chi connectivity index (χ2v) is 7.33. The predicted octanol–water partition coefficient (Wildman–Crippen LogP) is 6.14. The maximum Gasteiger partial charge on any atom is 0.0702 e. The quantitative estimate of drug-likeness (QED) is 0.486. The molecule has 0 aliphatic rings. The van der Waals surface area contributed by atoms with Crippen LogP contribution in [0.1, 0.15) is 43.0 Å². The molecule has 3 aromatic rings. The zero-order valence-corrected chi connectivity index (χ0v) is 15.1. The smallest absolute Gasteiger partial charge is 0.0702 e. The van der Waals surface area contributed by atoms with Crippen LogP contribution in [0.15, 0.2) is 54.7 Å². The Hall–Kier alpha value is -2.15. The Balaban J connectivity index is 0.000000167. The molecule has 0 saturated carbocycles. The van der Waals surface area contributed by atoms with E-state index in [1.165, 1.54) is 27.6 Å². The molecule has 120 valence electrons. The van der Waals surface area contributed by atoms with Gasteiger partial charge in [-0.05, 0) is 49.9 Å². The molecule has 3 rings (SSSR count). The van der Waals surface area contributed by atoms with Crippen LogP contribution in [0.3, 0.4) is 0 Å². The van der Waals surface area contributed by atoms with Gasteiger partial charge in [-0.15, -0.1) is 0 Å². The molecular weight excluding hydrogens is 278 g/mol. The Kier molecular flexibility index (Phi) is 5.20. The Bertz CT molecular complexity index is 774. The van der Waals surface area contributed by atoms with Crippen LogP contribution in [0.25, 0.3) is 10.9 Å². The summed E-state index contributed by atoms with van der Waals surface area (Å²) in [6.07, 6.45) is 1.82.